The summed E-state index contributed by atoms with van der Waals surface area (Å²) in [5, 5.41) is 0. The first-order chi connectivity index (χ1) is 15.5. The minimum Gasteiger partial charge on any atom is -0.453 e. The van der Waals surface area contributed by atoms with Gasteiger partial charge in [0.25, 0.3) is 0 Å². The van der Waals surface area contributed by atoms with Crippen molar-refractivity contribution in [3.05, 3.63) is 74.2 Å². The largest absolute Gasteiger partial charge is 0.453 e. The van der Waals surface area contributed by atoms with Crippen LogP contribution in [-0.4, -0.2) is 22.9 Å². The number of ketones is 1. The van der Waals surface area contributed by atoms with Gasteiger partial charge in [0.15, 0.2) is 6.61 Å². The predicted molar refractivity (Wildman–Crippen MR) is 120 cm³/mol. The molecule has 4 nitrogen and oxygen atoms in total. The molecule has 1 aliphatic rings. The highest BCUT2D eigenvalue weighted by Gasteiger charge is 2.31. The average molecular weight is 476 g/mol. The first-order valence-corrected chi connectivity index (χ1v) is 11.5. The molecule has 1 aliphatic carbocycles. The summed E-state index contributed by atoms with van der Waals surface area (Å²) in [4.78, 5) is 27.0. The molecule has 0 radical (unpaired) electrons. The zero-order valence-corrected chi connectivity index (χ0v) is 19.4. The molecule has 1 aromatic carbocycles. The Bertz CT molecular complexity index is 1220. The molecule has 8 heteroatoms. The van der Waals surface area contributed by atoms with Crippen molar-refractivity contribution in [2.45, 2.75) is 46.2 Å². The second-order valence-electron chi connectivity index (χ2n) is 8.57. The van der Waals surface area contributed by atoms with Crippen LogP contribution in [0.4, 0.5) is 13.2 Å². The highest BCUT2D eigenvalue weighted by molar-refractivity contribution is 7.14. The van der Waals surface area contributed by atoms with Crippen LogP contribution in [0.3, 0.4) is 0 Å². The van der Waals surface area contributed by atoms with Gasteiger partial charge in [0.1, 0.15) is 4.88 Å². The number of carbonyl (C=O) groups is 2. The van der Waals surface area contributed by atoms with Gasteiger partial charge in [-0.3, -0.25) is 4.79 Å². The van der Waals surface area contributed by atoms with Crippen LogP contribution >= 0.6 is 11.3 Å². The van der Waals surface area contributed by atoms with E-state index < -0.39 is 30.1 Å². The zero-order valence-electron chi connectivity index (χ0n) is 18.6. The van der Waals surface area contributed by atoms with E-state index in [2.05, 4.69) is 6.92 Å². The van der Waals surface area contributed by atoms with Crippen molar-refractivity contribution in [3.63, 3.8) is 0 Å². The van der Waals surface area contributed by atoms with E-state index in [1.54, 1.807) is 30.5 Å². The molecule has 4 rings (SSSR count). The Morgan fingerprint density at radius 3 is 2.67 bits per heavy atom. The summed E-state index contributed by atoms with van der Waals surface area (Å²) in [5.41, 5.74) is 2.16. The molecule has 0 amide bonds. The second-order valence-corrected chi connectivity index (χ2v) is 9.71. The summed E-state index contributed by atoms with van der Waals surface area (Å²) in [6, 6.07) is 8.42. The lowest BCUT2D eigenvalue weighted by Gasteiger charge is -2.16. The number of Topliss-reactive ketones (excluding diaryl/α,β-unsaturated/α-hetero) is 1. The van der Waals surface area contributed by atoms with E-state index in [0.717, 1.165) is 31.4 Å². The average Bonchev–Trinajstić information content (AvgIpc) is 3.31. The van der Waals surface area contributed by atoms with E-state index in [4.69, 9.17) is 4.74 Å². The van der Waals surface area contributed by atoms with Gasteiger partial charge < -0.3 is 9.30 Å². The zero-order chi connectivity index (χ0) is 23.9. The van der Waals surface area contributed by atoms with Crippen molar-refractivity contribution in [1.82, 2.24) is 4.57 Å². The molecule has 2 heterocycles. The fourth-order valence-corrected chi connectivity index (χ4v) is 5.45. The predicted octanol–water partition coefficient (Wildman–Crippen LogP) is 6.34. The van der Waals surface area contributed by atoms with Gasteiger partial charge in [-0.05, 0) is 74.9 Å². The number of hydrogen-bond acceptors (Lipinski definition) is 4. The highest BCUT2D eigenvalue weighted by Crippen LogP contribution is 2.33. The van der Waals surface area contributed by atoms with Gasteiger partial charge in [-0.15, -0.1) is 11.3 Å². The lowest BCUT2D eigenvalue weighted by atomic mass is 9.90. The third-order valence-electron chi connectivity index (χ3n) is 6.03. The number of alkyl halides is 3. The minimum atomic E-state index is -4.46. The number of hydrogen-bond donors (Lipinski definition) is 0. The van der Waals surface area contributed by atoms with E-state index in [0.29, 0.717) is 33.4 Å². The maximum atomic E-state index is 13.1. The number of thiophene rings is 1. The van der Waals surface area contributed by atoms with Crippen molar-refractivity contribution >= 4 is 23.1 Å². The molecular formula is C25H24F3NO3S. The Hall–Kier alpha value is -2.87. The normalized spacial score (nSPS) is 15.9. The minimum absolute atomic E-state index is 0.314. The molecule has 2 aromatic heterocycles. The fourth-order valence-electron chi connectivity index (χ4n) is 4.35. The van der Waals surface area contributed by atoms with Crippen LogP contribution in [0.1, 0.15) is 60.8 Å². The first-order valence-electron chi connectivity index (χ1n) is 10.7. The number of nitrogens with zero attached hydrogens (tertiary/aromatic N) is 1. The molecule has 0 N–H and O–H groups in total. The molecule has 0 saturated heterocycles. The van der Waals surface area contributed by atoms with Gasteiger partial charge in [-0.25, -0.2) is 4.79 Å². The number of aryl methyl sites for hydroxylation is 2. The molecule has 174 valence electrons. The lowest BCUT2D eigenvalue weighted by molar-refractivity contribution is -0.137. The Labute approximate surface area is 194 Å². The number of ether oxygens (including phenoxy) is 1. The maximum absolute atomic E-state index is 13.1. The van der Waals surface area contributed by atoms with Crippen LogP contribution in [-0.2, 0) is 23.8 Å². The smallest absolute Gasteiger partial charge is 0.416 e. The van der Waals surface area contributed by atoms with Crippen LogP contribution in [0, 0.1) is 19.8 Å². The van der Waals surface area contributed by atoms with Crippen LogP contribution in [0.25, 0.3) is 5.69 Å². The molecule has 1 atom stereocenters. The van der Waals surface area contributed by atoms with E-state index in [1.807, 2.05) is 6.07 Å². The third kappa shape index (κ3) is 4.76. The molecule has 0 spiro atoms. The lowest BCUT2D eigenvalue weighted by Crippen LogP contribution is -2.14. The summed E-state index contributed by atoms with van der Waals surface area (Å²) in [6.45, 7) is 5.14. The quantitative estimate of drug-likeness (QED) is 0.320. The summed E-state index contributed by atoms with van der Waals surface area (Å²) in [5.74, 6) is -0.337. The molecule has 33 heavy (non-hydrogen) atoms. The summed E-state index contributed by atoms with van der Waals surface area (Å²) in [7, 11) is 0. The Morgan fingerprint density at radius 1 is 1.18 bits per heavy atom. The molecule has 0 fully saturated rings. The van der Waals surface area contributed by atoms with Gasteiger partial charge in [-0.1, -0.05) is 13.0 Å². The molecule has 0 saturated carbocycles. The van der Waals surface area contributed by atoms with E-state index in [-0.39, 0.29) is 0 Å². The maximum Gasteiger partial charge on any atom is 0.416 e. The number of halogens is 3. The van der Waals surface area contributed by atoms with Gasteiger partial charge >= 0.3 is 12.1 Å². The van der Waals surface area contributed by atoms with Gasteiger partial charge in [0.2, 0.25) is 5.78 Å². The van der Waals surface area contributed by atoms with Gasteiger partial charge in [0.05, 0.1) is 5.56 Å². The third-order valence-corrected chi connectivity index (χ3v) is 7.25. The van der Waals surface area contributed by atoms with Crippen molar-refractivity contribution < 1.29 is 27.5 Å². The van der Waals surface area contributed by atoms with Crippen molar-refractivity contribution in [2.24, 2.45) is 5.92 Å². The number of carbonyl (C=O) groups excluding carboxylic acids is 2. The van der Waals surface area contributed by atoms with Crippen LogP contribution in [0.15, 0.2) is 36.4 Å². The fraction of sp³-hybridized carbons (Fsp3) is 0.360. The molecule has 0 bridgehead atoms. The number of esters is 1. The van der Waals surface area contributed by atoms with E-state index in [1.165, 1.54) is 27.8 Å². The monoisotopic (exact) mass is 475 g/mol. The van der Waals surface area contributed by atoms with Gasteiger partial charge in [0, 0.05) is 27.5 Å². The van der Waals surface area contributed by atoms with Crippen LogP contribution in [0.5, 0.6) is 0 Å². The highest BCUT2D eigenvalue weighted by atomic mass is 32.1. The summed E-state index contributed by atoms with van der Waals surface area (Å²) >= 11 is 1.42. The molecule has 0 aliphatic heterocycles. The number of rotatable bonds is 5. The molecular weight excluding hydrogens is 451 g/mol. The van der Waals surface area contributed by atoms with Crippen LogP contribution < -0.4 is 0 Å². The first kappa shape index (κ1) is 23.3. The van der Waals surface area contributed by atoms with Gasteiger partial charge in [-0.2, -0.15) is 13.2 Å². The Kier molecular flexibility index (Phi) is 6.22. The van der Waals surface area contributed by atoms with Crippen molar-refractivity contribution in [1.29, 1.82) is 0 Å². The Morgan fingerprint density at radius 2 is 1.94 bits per heavy atom. The van der Waals surface area contributed by atoms with E-state index >= 15 is 0 Å². The van der Waals surface area contributed by atoms with E-state index in [9.17, 15) is 22.8 Å². The number of fused-ring (bicyclic) bond motifs is 1. The Balaban J connectivity index is 1.49. The molecule has 0 unspecified atom stereocenters. The topological polar surface area (TPSA) is 48.3 Å². The SMILES string of the molecule is Cc1cc(C(=O)COC(=O)c2cc3c(s2)CC[C@H](C)C3)c(C)n1-c1cccc(C(F)(F)F)c1. The summed E-state index contributed by atoms with van der Waals surface area (Å²) in [6.07, 6.45) is -1.46. The number of aromatic nitrogens is 1. The standard InChI is InChI=1S/C25H24F3NO3S/c1-14-7-8-22-17(9-14)11-23(33-22)24(31)32-13-21(30)20-10-15(2)29(16(20)3)19-6-4-5-18(12-19)25(26,27)28/h4-6,10-12,14H,7-9,13H2,1-3H3/t14-/m0/s1. The summed E-state index contributed by atoms with van der Waals surface area (Å²) < 4.78 is 46.2. The van der Waals surface area contributed by atoms with Crippen molar-refractivity contribution in [2.75, 3.05) is 6.61 Å². The number of benzene rings is 1. The molecule has 3 aromatic rings. The van der Waals surface area contributed by atoms with Crippen LogP contribution in [0.2, 0.25) is 0 Å². The second kappa shape index (κ2) is 8.82. The van der Waals surface area contributed by atoms with Crippen molar-refractivity contribution in [3.8, 4) is 5.69 Å².